The fourth-order valence-corrected chi connectivity index (χ4v) is 2.98. The van der Waals surface area contributed by atoms with E-state index in [-0.39, 0.29) is 0 Å². The number of halogens is 1. The third-order valence-corrected chi connectivity index (χ3v) is 4.34. The summed E-state index contributed by atoms with van der Waals surface area (Å²) < 4.78 is 12.1. The van der Waals surface area contributed by atoms with Crippen molar-refractivity contribution in [3.8, 4) is 22.8 Å². The monoisotopic (exact) mass is 410 g/mol. The molecule has 26 heavy (non-hydrogen) atoms. The van der Waals surface area contributed by atoms with Gasteiger partial charge in [0.25, 0.3) is 0 Å². The van der Waals surface area contributed by atoms with Crippen LogP contribution in [0.15, 0.2) is 55.9 Å². The second-order valence-corrected chi connectivity index (χ2v) is 6.99. The van der Waals surface area contributed by atoms with Gasteiger partial charge >= 0.3 is 0 Å². The van der Waals surface area contributed by atoms with E-state index in [4.69, 9.17) is 8.94 Å². The van der Waals surface area contributed by atoms with Gasteiger partial charge in [-0.1, -0.05) is 38.3 Å². The maximum atomic E-state index is 5.76. The molecule has 0 radical (unpaired) electrons. The van der Waals surface area contributed by atoms with Crippen LogP contribution >= 0.6 is 15.9 Å². The van der Waals surface area contributed by atoms with Crippen LogP contribution in [0.5, 0.6) is 0 Å². The summed E-state index contributed by atoms with van der Waals surface area (Å²) in [5.41, 5.74) is 4.08. The van der Waals surface area contributed by atoms with Crippen molar-refractivity contribution in [3.63, 3.8) is 0 Å². The van der Waals surface area contributed by atoms with Crippen molar-refractivity contribution in [2.75, 3.05) is 0 Å². The molecule has 0 amide bonds. The molecule has 0 unspecified atom stereocenters. The first-order valence-electron chi connectivity index (χ1n) is 8.06. The van der Waals surface area contributed by atoms with Crippen LogP contribution in [-0.2, 0) is 6.42 Å². The number of hydrogen-bond donors (Lipinski definition) is 0. The summed E-state index contributed by atoms with van der Waals surface area (Å²) in [7, 11) is 0. The van der Waals surface area contributed by atoms with E-state index in [9.17, 15) is 0 Å². The summed E-state index contributed by atoms with van der Waals surface area (Å²) >= 11 is 3.41. The Balaban J connectivity index is 1.53. The topological polar surface area (TPSA) is 77.8 Å². The Labute approximate surface area is 158 Å². The molecule has 7 heteroatoms. The normalized spacial score (nSPS) is 11.0. The average molecular weight is 411 g/mol. The molecule has 0 bridgehead atoms. The molecular weight excluding hydrogens is 396 g/mol. The first-order chi connectivity index (χ1) is 12.6. The van der Waals surface area contributed by atoms with Crippen LogP contribution < -0.4 is 0 Å². The molecule has 0 saturated carbocycles. The summed E-state index contributed by atoms with van der Waals surface area (Å²) in [4.78, 5) is 4.39. The van der Waals surface area contributed by atoms with E-state index >= 15 is 0 Å². The zero-order chi connectivity index (χ0) is 18.1. The molecule has 0 aliphatic carbocycles. The van der Waals surface area contributed by atoms with Crippen LogP contribution in [0.3, 0.4) is 0 Å². The fraction of sp³-hybridized carbons (Fsp3) is 0.158. The molecule has 0 fully saturated rings. The molecule has 2 heterocycles. The molecule has 130 valence electrons. The number of aryl methyl sites for hydroxylation is 2. The lowest BCUT2D eigenvalue weighted by atomic mass is 10.1. The van der Waals surface area contributed by atoms with Gasteiger partial charge in [0, 0.05) is 15.6 Å². The van der Waals surface area contributed by atoms with E-state index in [0.717, 1.165) is 26.7 Å². The highest BCUT2D eigenvalue weighted by atomic mass is 79.9. The lowest BCUT2D eigenvalue weighted by Gasteiger charge is -1.99. The van der Waals surface area contributed by atoms with Crippen LogP contribution in [0, 0.1) is 13.8 Å². The molecule has 0 atom stereocenters. The molecule has 0 aliphatic rings. The van der Waals surface area contributed by atoms with Crippen molar-refractivity contribution >= 4 is 15.9 Å². The minimum absolute atomic E-state index is 0.293. The van der Waals surface area contributed by atoms with Gasteiger partial charge in [0.1, 0.15) is 6.42 Å². The first-order valence-corrected chi connectivity index (χ1v) is 8.86. The molecule has 4 rings (SSSR count). The SMILES string of the molecule is Cc1cc(C)cc(-c2nnc(Cc3nc(-c4ccc(Br)cc4)no3)o2)c1. The van der Waals surface area contributed by atoms with Crippen LogP contribution in [0.2, 0.25) is 0 Å². The predicted molar refractivity (Wildman–Crippen MR) is 99.4 cm³/mol. The zero-order valence-corrected chi connectivity index (χ0v) is 15.8. The lowest BCUT2D eigenvalue weighted by Crippen LogP contribution is -1.88. The highest BCUT2D eigenvalue weighted by Gasteiger charge is 2.14. The van der Waals surface area contributed by atoms with Gasteiger partial charge in [-0.15, -0.1) is 10.2 Å². The zero-order valence-electron chi connectivity index (χ0n) is 14.2. The van der Waals surface area contributed by atoms with Gasteiger partial charge in [-0.25, -0.2) is 0 Å². The van der Waals surface area contributed by atoms with Crippen LogP contribution in [0.25, 0.3) is 22.8 Å². The average Bonchev–Trinajstić information content (AvgIpc) is 3.25. The van der Waals surface area contributed by atoms with Crippen molar-refractivity contribution in [3.05, 3.63) is 69.8 Å². The van der Waals surface area contributed by atoms with Gasteiger partial charge in [0.2, 0.25) is 23.5 Å². The molecule has 2 aromatic carbocycles. The Morgan fingerprint density at radius 1 is 0.885 bits per heavy atom. The molecular formula is C19H15BrN4O2. The van der Waals surface area contributed by atoms with Crippen molar-refractivity contribution in [1.29, 1.82) is 0 Å². The molecule has 2 aromatic heterocycles. The Kier molecular flexibility index (Phi) is 4.38. The molecule has 0 spiro atoms. The smallest absolute Gasteiger partial charge is 0.247 e. The highest BCUT2D eigenvalue weighted by Crippen LogP contribution is 2.23. The Morgan fingerprint density at radius 2 is 1.62 bits per heavy atom. The van der Waals surface area contributed by atoms with Gasteiger partial charge in [0.15, 0.2) is 0 Å². The summed E-state index contributed by atoms with van der Waals surface area (Å²) in [6.45, 7) is 4.08. The van der Waals surface area contributed by atoms with Gasteiger partial charge in [-0.3, -0.25) is 0 Å². The van der Waals surface area contributed by atoms with Crippen molar-refractivity contribution in [2.45, 2.75) is 20.3 Å². The Hall–Kier alpha value is -2.80. The van der Waals surface area contributed by atoms with E-state index in [1.807, 2.05) is 50.2 Å². The van der Waals surface area contributed by atoms with Crippen LogP contribution in [0.4, 0.5) is 0 Å². The quantitative estimate of drug-likeness (QED) is 0.482. The largest absolute Gasteiger partial charge is 0.420 e. The van der Waals surface area contributed by atoms with Crippen molar-refractivity contribution in [1.82, 2.24) is 20.3 Å². The molecule has 4 aromatic rings. The predicted octanol–water partition coefficient (Wildman–Crippen LogP) is 4.76. The standard InChI is InChI=1S/C19H15BrN4O2/c1-11-7-12(2)9-14(8-11)19-23-22-17(25-19)10-16-21-18(24-26-16)13-3-5-15(20)6-4-13/h3-9H,10H2,1-2H3. The molecule has 0 N–H and O–H groups in total. The Bertz CT molecular complexity index is 1030. The summed E-state index contributed by atoms with van der Waals surface area (Å²) in [5.74, 6) is 1.88. The molecule has 6 nitrogen and oxygen atoms in total. The second-order valence-electron chi connectivity index (χ2n) is 6.07. The van der Waals surface area contributed by atoms with Gasteiger partial charge in [0.05, 0.1) is 0 Å². The lowest BCUT2D eigenvalue weighted by molar-refractivity contribution is 0.374. The number of aromatic nitrogens is 4. The van der Waals surface area contributed by atoms with Crippen molar-refractivity contribution < 1.29 is 8.94 Å². The van der Waals surface area contributed by atoms with E-state index in [2.05, 4.69) is 42.3 Å². The van der Waals surface area contributed by atoms with Gasteiger partial charge < -0.3 is 8.94 Å². The number of benzene rings is 2. The minimum Gasteiger partial charge on any atom is -0.420 e. The van der Waals surface area contributed by atoms with Gasteiger partial charge in [-0.2, -0.15) is 4.98 Å². The molecule has 0 saturated heterocycles. The van der Waals surface area contributed by atoms with Crippen LogP contribution in [-0.4, -0.2) is 20.3 Å². The third-order valence-electron chi connectivity index (χ3n) is 3.81. The minimum atomic E-state index is 0.293. The Morgan fingerprint density at radius 3 is 2.35 bits per heavy atom. The van der Waals surface area contributed by atoms with E-state index in [1.54, 1.807) is 0 Å². The number of nitrogens with zero attached hydrogens (tertiary/aromatic N) is 4. The third kappa shape index (κ3) is 3.57. The summed E-state index contributed by atoms with van der Waals surface area (Å²) in [5, 5.41) is 12.2. The highest BCUT2D eigenvalue weighted by molar-refractivity contribution is 9.10. The van der Waals surface area contributed by atoms with E-state index in [0.29, 0.717) is 29.9 Å². The van der Waals surface area contributed by atoms with E-state index < -0.39 is 0 Å². The maximum Gasteiger partial charge on any atom is 0.247 e. The number of rotatable bonds is 4. The summed E-state index contributed by atoms with van der Waals surface area (Å²) in [6.07, 6.45) is 0.293. The maximum absolute atomic E-state index is 5.76. The number of hydrogen-bond acceptors (Lipinski definition) is 6. The first kappa shape index (κ1) is 16.7. The molecule has 0 aliphatic heterocycles. The van der Waals surface area contributed by atoms with Crippen molar-refractivity contribution in [2.24, 2.45) is 0 Å². The van der Waals surface area contributed by atoms with Crippen LogP contribution in [0.1, 0.15) is 22.9 Å². The van der Waals surface area contributed by atoms with Gasteiger partial charge in [-0.05, 0) is 50.2 Å². The summed E-state index contributed by atoms with van der Waals surface area (Å²) in [6, 6.07) is 13.8. The fourth-order valence-electron chi connectivity index (χ4n) is 2.71. The van der Waals surface area contributed by atoms with E-state index in [1.165, 1.54) is 0 Å². The second kappa shape index (κ2) is 6.84.